The highest BCUT2D eigenvalue weighted by Crippen LogP contribution is 2.20. The Kier molecular flexibility index (Phi) is 25.4. The molecule has 0 heterocycles. The first-order valence-electron chi connectivity index (χ1n) is 23.1. The summed E-state index contributed by atoms with van der Waals surface area (Å²) >= 11 is 0. The standard InChI is InChI=1S/2C10H13NO.2C10H12O2.2C5H10O2.CH4/c1-7(2)8-3-5-9(6-4-8)10(11)12;1-7(2)8-5-3-4-6-9(8)10(11)12;1-7(2)8-3-5-9(6-4-8)10(11)12;1-7(2)8-5-3-4-6-9(8)10(11)12;2*1-4(2)3-5(6)7;/h2*3-7H,1-2H3,(H2,11,12);2*3-7H,1-2H3,(H,11,12);2*4H,3H2,1-2H3,(H,6,7);1H4/i/hT6. The van der Waals surface area contributed by atoms with Crippen LogP contribution in [-0.4, -0.2) is 56.1 Å². The minimum Gasteiger partial charge on any atom is -0.481 e. The average molecular weight is 887 g/mol. The number of hydrogen-bond donors (Lipinski definition) is 6. The van der Waals surface area contributed by atoms with Crippen molar-refractivity contribution in [2.24, 2.45) is 23.3 Å². The van der Waals surface area contributed by atoms with Crippen LogP contribution in [0.2, 0.25) is 2.82 Å². The molecule has 8 N–H and O–H groups in total. The maximum Gasteiger partial charge on any atom is 0.335 e. The maximum absolute atomic E-state index is 11.2. The van der Waals surface area contributed by atoms with Crippen molar-refractivity contribution in [2.75, 3.05) is 0 Å². The van der Waals surface area contributed by atoms with Gasteiger partial charge in [0.25, 0.3) is 5.72 Å². The Hall–Kier alpha value is -6.30. The van der Waals surface area contributed by atoms with E-state index in [0.717, 1.165) is 11.1 Å². The zero-order chi connectivity index (χ0) is 52.5. The van der Waals surface area contributed by atoms with E-state index in [4.69, 9.17) is 8.55 Å². The van der Waals surface area contributed by atoms with Crippen molar-refractivity contribution in [1.82, 2.24) is 0 Å². The van der Waals surface area contributed by atoms with E-state index >= 15 is 0 Å². The maximum atomic E-state index is 11.2. The first kappa shape index (κ1) is 49.4. The van der Waals surface area contributed by atoms with Crippen molar-refractivity contribution < 1.29 is 52.0 Å². The van der Waals surface area contributed by atoms with Gasteiger partial charge in [0.2, 0.25) is 11.8 Å². The Morgan fingerprint density at radius 3 is 1.14 bits per heavy atom. The Morgan fingerprint density at radius 2 is 0.825 bits per heavy atom. The summed E-state index contributed by atoms with van der Waals surface area (Å²) in [6.07, 6.45) is 0.674. The van der Waals surface area contributed by atoms with E-state index in [9.17, 15) is 28.8 Å². The number of aliphatic carboxylic acids is 2. The minimum absolute atomic E-state index is 0. The molecule has 0 radical (unpaired) electrons. The fourth-order valence-corrected chi connectivity index (χ4v) is 5.08. The van der Waals surface area contributed by atoms with Crippen LogP contribution in [0.4, 0.5) is 0 Å². The Labute approximate surface area is 384 Å². The van der Waals surface area contributed by atoms with E-state index in [-0.39, 0.29) is 37.0 Å². The molecule has 4 aromatic carbocycles. The van der Waals surface area contributed by atoms with Crippen LogP contribution in [0.1, 0.15) is 191 Å². The summed E-state index contributed by atoms with van der Waals surface area (Å²) < 4.78 is 38.7. The molecule has 348 valence electrons. The monoisotopic (exact) mass is 887 g/mol. The van der Waals surface area contributed by atoms with Crippen molar-refractivity contribution in [1.29, 1.82) is 5.72 Å². The fraction of sp³-hybridized carbons (Fsp3) is 0.412. The summed E-state index contributed by atoms with van der Waals surface area (Å²) in [6.45, 7) is 24.0. The number of nitrogens with two attached hydrogens (primary N) is 2. The number of carboxylic acid groups (broad SMARTS) is 4. The number of carboxylic acids is 4. The number of benzene rings is 4. The third-order valence-corrected chi connectivity index (χ3v) is 8.43. The molecule has 0 atom stereocenters. The normalized spacial score (nSPS) is 10.9. The summed E-state index contributed by atoms with van der Waals surface area (Å²) in [5.74, 6) is -0.794. The van der Waals surface area contributed by atoms with Gasteiger partial charge in [-0.1, -0.05) is 151 Å². The lowest BCUT2D eigenvalue weighted by Gasteiger charge is -2.08. The number of carbonyl (C=O) groups excluding carboxylic acids is 2. The van der Waals surface area contributed by atoms with Crippen LogP contribution in [0.5, 0.6) is 0 Å². The van der Waals surface area contributed by atoms with Crippen LogP contribution in [0.3, 0.4) is 0 Å². The average Bonchev–Trinajstić information content (AvgIpc) is 3.33. The van der Waals surface area contributed by atoms with Gasteiger partial charge in [0, 0.05) is 24.0 Å². The van der Waals surface area contributed by atoms with Crippen LogP contribution in [0.15, 0.2) is 97.1 Å². The van der Waals surface area contributed by atoms with Crippen molar-refractivity contribution in [2.45, 2.75) is 127 Å². The van der Waals surface area contributed by atoms with E-state index in [1.165, 1.54) is 11.1 Å². The summed E-state index contributed by atoms with van der Waals surface area (Å²) in [5, 5.41) is 15.1. The number of primary amides is 2. The molecule has 0 unspecified atom stereocenters. The van der Waals surface area contributed by atoms with Gasteiger partial charge in [-0.2, -0.15) is 0 Å². The van der Waals surface area contributed by atoms with Crippen molar-refractivity contribution in [3.8, 4) is 0 Å². The van der Waals surface area contributed by atoms with Gasteiger partial charge < -0.3 is 31.9 Å². The SMILES string of the molecule is C.[3H]NC(=O)c1ccc(C(C)C)cc1.[3H]NC(=O)c1ccccc1C(C)C.[3H]OC(=O)CC(C)C.[3H]OC(=O)CC(C)C.[3H]OC(=O)c1ccc(C(C)C)cc1.[3H]OC(=O)c1ccccc1C(C)C. The first-order chi connectivity index (χ1) is 31.9. The molecule has 4 rings (SSSR count). The number of carbonyl (C=O) groups is 6. The third-order valence-electron chi connectivity index (χ3n) is 8.43. The smallest absolute Gasteiger partial charge is 0.335 e. The molecule has 0 spiro atoms. The lowest BCUT2D eigenvalue weighted by molar-refractivity contribution is -0.138. The number of amides is 2. The summed E-state index contributed by atoms with van der Waals surface area (Å²) in [7, 11) is 0. The molecule has 0 aliphatic heterocycles. The number of hydrogen-bond acceptors (Lipinski definition) is 10. The molecule has 63 heavy (non-hydrogen) atoms. The number of aromatic carboxylic acids is 2. The highest BCUT2D eigenvalue weighted by molar-refractivity contribution is 5.94. The van der Waals surface area contributed by atoms with Gasteiger partial charge >= 0.3 is 23.9 Å². The Morgan fingerprint density at radius 1 is 0.460 bits per heavy atom. The van der Waals surface area contributed by atoms with Crippen LogP contribution >= 0.6 is 0 Å². The van der Waals surface area contributed by atoms with Gasteiger partial charge in [0.05, 0.1) is 11.1 Å². The highest BCUT2D eigenvalue weighted by atomic mass is 16.4. The van der Waals surface area contributed by atoms with Crippen molar-refractivity contribution >= 4 is 35.7 Å². The molecule has 12 nitrogen and oxygen atoms in total. The zero-order valence-electron chi connectivity index (χ0n) is 44.2. The van der Waals surface area contributed by atoms with Crippen LogP contribution in [0, 0.1) is 11.8 Å². The quantitative estimate of drug-likeness (QED) is 0.0787. The molecule has 0 aromatic heterocycles. The zero-order valence-corrected chi connectivity index (χ0v) is 38.2. The van der Waals surface area contributed by atoms with E-state index < -0.39 is 23.9 Å². The van der Waals surface area contributed by atoms with Gasteiger partial charge in [-0.25, -0.2) is 9.59 Å². The van der Waals surface area contributed by atoms with Gasteiger partial charge in [-0.3, -0.25) is 19.2 Å². The fourth-order valence-electron chi connectivity index (χ4n) is 5.08. The van der Waals surface area contributed by atoms with Crippen LogP contribution in [-0.2, 0) is 9.59 Å². The van der Waals surface area contributed by atoms with Gasteiger partial charge in [-0.15, -0.1) is 0 Å². The summed E-state index contributed by atoms with van der Waals surface area (Å²) in [4.78, 5) is 64.7. The van der Waals surface area contributed by atoms with E-state index in [0.29, 0.717) is 52.8 Å². The summed E-state index contributed by atoms with van der Waals surface area (Å²) in [6, 6.07) is 28.9. The molecule has 0 bridgehead atoms. The van der Waals surface area contributed by atoms with Crippen LogP contribution < -0.4 is 11.5 Å². The van der Waals surface area contributed by atoms with Gasteiger partial charge in [0.1, 0.15) is 0 Å². The van der Waals surface area contributed by atoms with Gasteiger partial charge in [-0.05, 0) is 94.2 Å². The molecule has 4 aromatic rings. The predicted molar refractivity (Wildman–Crippen MR) is 254 cm³/mol. The lowest BCUT2D eigenvalue weighted by atomic mass is 9.97. The predicted octanol–water partition coefficient (Wildman–Crippen LogP) is 11.7. The molecule has 0 aliphatic rings. The molecule has 0 aliphatic carbocycles. The van der Waals surface area contributed by atoms with E-state index in [1.807, 2.05) is 115 Å². The summed E-state index contributed by atoms with van der Waals surface area (Å²) in [5.41, 5.74) is 10.0. The second kappa shape index (κ2) is 32.4. The minimum atomic E-state index is -0.615. The topological polar surface area (TPSA) is 235 Å². The second-order valence-electron chi connectivity index (χ2n) is 16.2. The van der Waals surface area contributed by atoms with Crippen molar-refractivity contribution in [3.63, 3.8) is 0 Å². The molecule has 12 heteroatoms. The highest BCUT2D eigenvalue weighted by Gasteiger charge is 2.11. The second-order valence-corrected chi connectivity index (χ2v) is 16.2. The largest absolute Gasteiger partial charge is 0.481 e. The van der Waals surface area contributed by atoms with Crippen LogP contribution in [0.25, 0.3) is 5.72 Å². The molecule has 2 amide bonds. The van der Waals surface area contributed by atoms with E-state index in [1.54, 1.807) is 48.5 Å². The van der Waals surface area contributed by atoms with Crippen molar-refractivity contribution in [3.05, 3.63) is 142 Å². The molecule has 0 saturated heterocycles. The molecule has 0 fully saturated rings. The molecular formula is C51H74N2O10. The lowest BCUT2D eigenvalue weighted by Crippen LogP contribution is -2.14. The number of rotatable bonds is 12. The first-order valence-corrected chi connectivity index (χ1v) is 20.4. The Balaban J connectivity index is -0.000000764. The Bertz CT molecular complexity index is 1950. The third kappa shape index (κ3) is 28.0. The molecular weight excluding hydrogens is 801 g/mol. The molecule has 0 saturated carbocycles. The van der Waals surface area contributed by atoms with E-state index in [2.05, 4.69) is 48.1 Å². The van der Waals surface area contributed by atoms with Gasteiger partial charge in [0.15, 0.2) is 2.82 Å².